The maximum Gasteiger partial charge on any atom is 0.242 e. The molecule has 0 unspecified atom stereocenters. The number of ether oxygens (including phenoxy) is 1. The first-order valence-electron chi connectivity index (χ1n) is 6.43. The molecule has 0 bridgehead atoms. The van der Waals surface area contributed by atoms with Gasteiger partial charge < -0.3 is 15.4 Å². The second-order valence-electron chi connectivity index (χ2n) is 4.87. The zero-order valence-corrected chi connectivity index (χ0v) is 10.7. The lowest BCUT2D eigenvalue weighted by Gasteiger charge is -2.35. The highest BCUT2D eigenvalue weighted by atomic mass is 16.5. The minimum atomic E-state index is 0.463. The minimum absolute atomic E-state index is 0.463. The van der Waals surface area contributed by atoms with Crippen molar-refractivity contribution < 1.29 is 4.74 Å². The van der Waals surface area contributed by atoms with Crippen LogP contribution in [-0.4, -0.2) is 54.2 Å². The van der Waals surface area contributed by atoms with Crippen molar-refractivity contribution in [3.05, 3.63) is 6.33 Å². The summed E-state index contributed by atoms with van der Waals surface area (Å²) in [6, 6.07) is 0.837. The Morgan fingerprint density at radius 1 is 1.22 bits per heavy atom. The van der Waals surface area contributed by atoms with Crippen LogP contribution in [0.5, 0.6) is 5.88 Å². The van der Waals surface area contributed by atoms with Crippen LogP contribution in [0.1, 0.15) is 12.8 Å². The zero-order chi connectivity index (χ0) is 12.5. The Kier molecular flexibility index (Phi) is 2.95. The molecule has 1 aliphatic carbocycles. The van der Waals surface area contributed by atoms with E-state index in [1.54, 1.807) is 7.11 Å². The summed E-state index contributed by atoms with van der Waals surface area (Å²) in [5.74, 6) is 1.27. The second-order valence-corrected chi connectivity index (χ2v) is 4.87. The number of nitrogen functional groups attached to an aromatic ring is 1. The molecule has 2 heterocycles. The van der Waals surface area contributed by atoms with Crippen LogP contribution in [-0.2, 0) is 0 Å². The van der Waals surface area contributed by atoms with E-state index in [2.05, 4.69) is 19.8 Å². The lowest BCUT2D eigenvalue weighted by molar-refractivity contribution is 0.247. The number of rotatable bonds is 3. The van der Waals surface area contributed by atoms with Gasteiger partial charge in [-0.2, -0.15) is 4.98 Å². The fourth-order valence-corrected chi connectivity index (χ4v) is 2.52. The van der Waals surface area contributed by atoms with Crippen molar-refractivity contribution >= 4 is 11.5 Å². The number of hydrogen-bond acceptors (Lipinski definition) is 6. The van der Waals surface area contributed by atoms with Crippen LogP contribution in [0.4, 0.5) is 11.5 Å². The van der Waals surface area contributed by atoms with Crippen LogP contribution in [0, 0.1) is 0 Å². The Labute approximate surface area is 107 Å². The second kappa shape index (κ2) is 4.61. The number of anilines is 2. The molecule has 18 heavy (non-hydrogen) atoms. The van der Waals surface area contributed by atoms with Gasteiger partial charge in [-0.1, -0.05) is 0 Å². The van der Waals surface area contributed by atoms with E-state index < -0.39 is 0 Å². The van der Waals surface area contributed by atoms with E-state index in [0.717, 1.165) is 38.0 Å². The molecule has 2 aliphatic rings. The van der Waals surface area contributed by atoms with E-state index >= 15 is 0 Å². The average Bonchev–Trinajstić information content (AvgIpc) is 3.24. The van der Waals surface area contributed by atoms with Crippen molar-refractivity contribution in [2.45, 2.75) is 18.9 Å². The fourth-order valence-electron chi connectivity index (χ4n) is 2.52. The zero-order valence-electron chi connectivity index (χ0n) is 10.7. The van der Waals surface area contributed by atoms with Gasteiger partial charge in [0.1, 0.15) is 12.0 Å². The van der Waals surface area contributed by atoms with Crippen molar-refractivity contribution in [3.8, 4) is 5.88 Å². The number of methoxy groups -OCH3 is 1. The topological polar surface area (TPSA) is 67.5 Å². The van der Waals surface area contributed by atoms with Crippen LogP contribution < -0.4 is 15.4 Å². The highest BCUT2D eigenvalue weighted by Gasteiger charge is 2.31. The molecule has 0 amide bonds. The molecule has 3 rings (SSSR count). The summed E-state index contributed by atoms with van der Waals surface area (Å²) >= 11 is 0. The minimum Gasteiger partial charge on any atom is -0.479 e. The molecule has 1 aromatic heterocycles. The van der Waals surface area contributed by atoms with Crippen molar-refractivity contribution in [3.63, 3.8) is 0 Å². The maximum atomic E-state index is 6.03. The molecule has 6 heteroatoms. The Hall–Kier alpha value is -1.56. The van der Waals surface area contributed by atoms with Gasteiger partial charge in [0.05, 0.1) is 7.11 Å². The molecule has 6 nitrogen and oxygen atoms in total. The third-order valence-electron chi connectivity index (χ3n) is 3.70. The molecule has 0 radical (unpaired) electrons. The van der Waals surface area contributed by atoms with Gasteiger partial charge in [-0.15, -0.1) is 0 Å². The lowest BCUT2D eigenvalue weighted by Crippen LogP contribution is -2.47. The van der Waals surface area contributed by atoms with Crippen molar-refractivity contribution in [1.82, 2.24) is 14.9 Å². The molecule has 1 aromatic rings. The molecular formula is C12H19N5O. The van der Waals surface area contributed by atoms with Crippen molar-refractivity contribution in [2.24, 2.45) is 0 Å². The van der Waals surface area contributed by atoms with Crippen LogP contribution in [0.2, 0.25) is 0 Å². The molecule has 98 valence electrons. The Morgan fingerprint density at radius 3 is 2.56 bits per heavy atom. The molecule has 2 fully saturated rings. The van der Waals surface area contributed by atoms with Crippen molar-refractivity contribution in [2.75, 3.05) is 43.9 Å². The Bertz CT molecular complexity index is 426. The normalized spacial score (nSPS) is 21.1. The van der Waals surface area contributed by atoms with Crippen LogP contribution in [0.15, 0.2) is 6.33 Å². The molecule has 0 spiro atoms. The quantitative estimate of drug-likeness (QED) is 0.834. The van der Waals surface area contributed by atoms with Gasteiger partial charge in [0.25, 0.3) is 0 Å². The first kappa shape index (κ1) is 11.5. The molecule has 0 atom stereocenters. The van der Waals surface area contributed by atoms with Crippen molar-refractivity contribution in [1.29, 1.82) is 0 Å². The molecular weight excluding hydrogens is 230 g/mol. The summed E-state index contributed by atoms with van der Waals surface area (Å²) < 4.78 is 5.13. The van der Waals surface area contributed by atoms with Gasteiger partial charge in [0.2, 0.25) is 5.88 Å². The average molecular weight is 249 g/mol. The van der Waals surface area contributed by atoms with E-state index in [4.69, 9.17) is 10.5 Å². The van der Waals surface area contributed by atoms with E-state index in [1.165, 1.54) is 19.2 Å². The summed E-state index contributed by atoms with van der Waals surface area (Å²) in [6.07, 6.45) is 4.24. The lowest BCUT2D eigenvalue weighted by atomic mass is 10.3. The monoisotopic (exact) mass is 249 g/mol. The SMILES string of the molecule is COc1ncnc(N2CCN(C3CC3)CC2)c1N. The molecule has 1 saturated carbocycles. The fraction of sp³-hybridized carbons (Fsp3) is 0.667. The number of piperazine rings is 1. The largest absolute Gasteiger partial charge is 0.479 e. The van der Waals surface area contributed by atoms with Gasteiger partial charge in [-0.05, 0) is 12.8 Å². The summed E-state index contributed by atoms with van der Waals surface area (Å²) in [5, 5.41) is 0. The van der Waals surface area contributed by atoms with Crippen LogP contribution >= 0.6 is 0 Å². The number of hydrogen-bond donors (Lipinski definition) is 1. The Morgan fingerprint density at radius 2 is 1.94 bits per heavy atom. The third kappa shape index (κ3) is 2.08. The van der Waals surface area contributed by atoms with Gasteiger partial charge in [0.15, 0.2) is 5.82 Å². The molecule has 0 aromatic carbocycles. The van der Waals surface area contributed by atoms with Gasteiger partial charge in [0, 0.05) is 32.2 Å². The van der Waals surface area contributed by atoms with Crippen LogP contribution in [0.25, 0.3) is 0 Å². The van der Waals surface area contributed by atoms with E-state index in [-0.39, 0.29) is 0 Å². The summed E-state index contributed by atoms with van der Waals surface area (Å²) in [5.41, 5.74) is 6.57. The van der Waals surface area contributed by atoms with Gasteiger partial charge in [-0.3, -0.25) is 4.90 Å². The smallest absolute Gasteiger partial charge is 0.242 e. The summed E-state index contributed by atoms with van der Waals surface area (Å²) in [6.45, 7) is 4.13. The summed E-state index contributed by atoms with van der Waals surface area (Å²) in [7, 11) is 1.58. The molecule has 1 saturated heterocycles. The summed E-state index contributed by atoms with van der Waals surface area (Å²) in [4.78, 5) is 13.1. The van der Waals surface area contributed by atoms with Crippen LogP contribution in [0.3, 0.4) is 0 Å². The predicted molar refractivity (Wildman–Crippen MR) is 69.8 cm³/mol. The Balaban J connectivity index is 1.71. The molecule has 1 aliphatic heterocycles. The number of nitrogens with zero attached hydrogens (tertiary/aromatic N) is 4. The number of aromatic nitrogens is 2. The standard InChI is InChI=1S/C12H19N5O/c1-18-12-10(13)11(14-8-15-12)17-6-4-16(5-7-17)9-2-3-9/h8-9H,2-7,13H2,1H3. The predicted octanol–water partition coefficient (Wildman–Crippen LogP) is 0.352. The highest BCUT2D eigenvalue weighted by Crippen LogP contribution is 2.31. The maximum absolute atomic E-state index is 6.03. The van der Waals surface area contributed by atoms with E-state index in [0.29, 0.717) is 11.6 Å². The van der Waals surface area contributed by atoms with Gasteiger partial charge >= 0.3 is 0 Å². The van der Waals surface area contributed by atoms with Gasteiger partial charge in [-0.25, -0.2) is 4.98 Å². The third-order valence-corrected chi connectivity index (χ3v) is 3.70. The first-order valence-corrected chi connectivity index (χ1v) is 6.43. The van der Waals surface area contributed by atoms with E-state index in [9.17, 15) is 0 Å². The highest BCUT2D eigenvalue weighted by molar-refractivity contribution is 5.67. The number of nitrogens with two attached hydrogens (primary N) is 1. The molecule has 2 N–H and O–H groups in total. The first-order chi connectivity index (χ1) is 8.79. The van der Waals surface area contributed by atoms with E-state index in [1.807, 2.05) is 0 Å².